The Morgan fingerprint density at radius 2 is 1.90 bits per heavy atom. The van der Waals surface area contributed by atoms with Crippen molar-refractivity contribution in [3.63, 3.8) is 0 Å². The van der Waals surface area contributed by atoms with Crippen LogP contribution in [0.2, 0.25) is 0 Å². The van der Waals surface area contributed by atoms with Gasteiger partial charge in [-0.05, 0) is 29.5 Å². The largest absolute Gasteiger partial charge is 0.448 e. The molecule has 0 saturated carbocycles. The zero-order chi connectivity index (χ0) is 21.1. The van der Waals surface area contributed by atoms with E-state index in [4.69, 9.17) is 9.26 Å². The average molecular weight is 429 g/mol. The normalized spacial score (nSPS) is 16.1. The van der Waals surface area contributed by atoms with Crippen molar-refractivity contribution < 1.29 is 22.5 Å². The Bertz CT molecular complexity index is 1200. The van der Waals surface area contributed by atoms with Gasteiger partial charge in [0.2, 0.25) is 5.89 Å². The minimum Gasteiger partial charge on any atom is -0.448 e. The number of carbonyl (C=O) groups is 1. The predicted molar refractivity (Wildman–Crippen MR) is 107 cm³/mol. The fraction of sp³-hybridized carbons (Fsp3) is 0.250. The second-order valence-corrected chi connectivity index (χ2v) is 8.70. The quantitative estimate of drug-likeness (QED) is 0.617. The average Bonchev–Trinajstić information content (AvgIpc) is 3.16. The van der Waals surface area contributed by atoms with E-state index >= 15 is 0 Å². The van der Waals surface area contributed by atoms with E-state index in [1.165, 1.54) is 0 Å². The SMILES string of the molecule is O=C(OCc1ccccc1)S(=O)(=O)N1C[C@H](Cc2nc(=O)[nH]o2)Cc2ccccc21. The van der Waals surface area contributed by atoms with E-state index in [1.54, 1.807) is 48.5 Å². The van der Waals surface area contributed by atoms with E-state index in [-0.39, 0.29) is 31.4 Å². The van der Waals surface area contributed by atoms with Crippen molar-refractivity contribution in [3.8, 4) is 0 Å². The zero-order valence-electron chi connectivity index (χ0n) is 15.9. The van der Waals surface area contributed by atoms with Crippen molar-refractivity contribution in [3.05, 3.63) is 82.1 Å². The molecule has 4 rings (SSSR count). The summed E-state index contributed by atoms with van der Waals surface area (Å²) < 4.78 is 37.2. The number of para-hydroxylation sites is 1. The van der Waals surface area contributed by atoms with Crippen molar-refractivity contribution in [1.29, 1.82) is 0 Å². The van der Waals surface area contributed by atoms with Crippen molar-refractivity contribution >= 4 is 21.0 Å². The first-order valence-corrected chi connectivity index (χ1v) is 10.7. The number of nitrogens with zero attached hydrogens (tertiary/aromatic N) is 2. The van der Waals surface area contributed by atoms with Crippen LogP contribution in [0.5, 0.6) is 0 Å². The molecule has 1 aliphatic rings. The number of anilines is 1. The van der Waals surface area contributed by atoms with E-state index in [9.17, 15) is 18.0 Å². The molecule has 0 unspecified atom stereocenters. The summed E-state index contributed by atoms with van der Waals surface area (Å²) in [6, 6.07) is 15.8. The number of fused-ring (bicyclic) bond motifs is 1. The molecule has 1 aliphatic heterocycles. The highest BCUT2D eigenvalue weighted by Gasteiger charge is 2.38. The maximum atomic E-state index is 13.0. The van der Waals surface area contributed by atoms with Gasteiger partial charge in [0, 0.05) is 13.0 Å². The van der Waals surface area contributed by atoms with Gasteiger partial charge in [-0.25, -0.2) is 9.59 Å². The molecule has 1 aromatic heterocycles. The van der Waals surface area contributed by atoms with E-state index < -0.39 is 21.0 Å². The van der Waals surface area contributed by atoms with Gasteiger partial charge in [-0.1, -0.05) is 48.5 Å². The summed E-state index contributed by atoms with van der Waals surface area (Å²) >= 11 is 0. The van der Waals surface area contributed by atoms with E-state index in [0.717, 1.165) is 9.87 Å². The summed E-state index contributed by atoms with van der Waals surface area (Å²) in [6.45, 7) is -0.105. The molecular formula is C20H19N3O6S. The summed E-state index contributed by atoms with van der Waals surface area (Å²) in [5.41, 5.74) is 1.29. The minimum absolute atomic E-state index is 0.0380. The Morgan fingerprint density at radius 1 is 1.17 bits per heavy atom. The number of carbonyl (C=O) groups excluding carboxylic acids is 1. The van der Waals surface area contributed by atoms with Crippen molar-refractivity contribution in [2.24, 2.45) is 5.92 Å². The zero-order valence-corrected chi connectivity index (χ0v) is 16.7. The van der Waals surface area contributed by atoms with Crippen LogP contribution in [0.3, 0.4) is 0 Å². The molecule has 0 bridgehead atoms. The smallest absolute Gasteiger partial charge is 0.445 e. The third-order valence-electron chi connectivity index (χ3n) is 4.84. The summed E-state index contributed by atoms with van der Waals surface area (Å²) in [5.74, 6) is -0.0450. The van der Waals surface area contributed by atoms with Gasteiger partial charge >= 0.3 is 21.0 Å². The molecule has 1 N–H and O–H groups in total. The molecule has 2 aromatic carbocycles. The topological polar surface area (TPSA) is 123 Å². The molecule has 0 aliphatic carbocycles. The van der Waals surface area contributed by atoms with Gasteiger partial charge in [-0.3, -0.25) is 4.31 Å². The maximum Gasteiger partial charge on any atom is 0.445 e. The Balaban J connectivity index is 1.56. The first-order chi connectivity index (χ1) is 14.4. The van der Waals surface area contributed by atoms with Crippen LogP contribution in [-0.2, 0) is 34.2 Å². The number of aromatic nitrogens is 2. The van der Waals surface area contributed by atoms with Crippen LogP contribution >= 0.6 is 0 Å². The van der Waals surface area contributed by atoms with E-state index in [2.05, 4.69) is 10.1 Å². The molecule has 0 fully saturated rings. The number of H-pyrrole nitrogens is 1. The Labute approximate surface area is 172 Å². The van der Waals surface area contributed by atoms with Crippen molar-refractivity contribution in [2.75, 3.05) is 10.8 Å². The maximum absolute atomic E-state index is 13.0. The molecule has 2 heterocycles. The highest BCUT2D eigenvalue weighted by atomic mass is 32.2. The number of hydrogen-bond donors (Lipinski definition) is 1. The number of sulfonamides is 1. The first kappa shape index (κ1) is 19.9. The molecule has 3 aromatic rings. The van der Waals surface area contributed by atoms with Crippen LogP contribution in [0.4, 0.5) is 10.5 Å². The number of nitrogens with one attached hydrogen (secondary N) is 1. The fourth-order valence-corrected chi connectivity index (χ4v) is 4.71. The molecule has 9 nitrogen and oxygen atoms in total. The van der Waals surface area contributed by atoms with Gasteiger partial charge < -0.3 is 9.26 Å². The van der Waals surface area contributed by atoms with Crippen molar-refractivity contribution in [1.82, 2.24) is 10.1 Å². The van der Waals surface area contributed by atoms with Gasteiger partial charge in [-0.15, -0.1) is 0 Å². The lowest BCUT2D eigenvalue weighted by Gasteiger charge is -2.33. The molecular weight excluding hydrogens is 410 g/mol. The number of rotatable bonds is 5. The number of ether oxygens (including phenoxy) is 1. The second-order valence-electron chi connectivity index (χ2n) is 6.98. The number of benzene rings is 2. The van der Waals surface area contributed by atoms with Crippen LogP contribution in [0.25, 0.3) is 0 Å². The molecule has 10 heteroatoms. The number of hydrogen-bond acceptors (Lipinski definition) is 7. The molecule has 0 saturated heterocycles. The Hall–Kier alpha value is -3.40. The van der Waals surface area contributed by atoms with Gasteiger partial charge in [0.05, 0.1) is 5.69 Å². The Morgan fingerprint density at radius 3 is 2.63 bits per heavy atom. The van der Waals surface area contributed by atoms with Gasteiger partial charge in [0.15, 0.2) is 0 Å². The summed E-state index contributed by atoms with van der Waals surface area (Å²) in [6.07, 6.45) is 0.802. The lowest BCUT2D eigenvalue weighted by molar-refractivity contribution is 0.165. The summed E-state index contributed by atoms with van der Waals surface area (Å²) in [4.78, 5) is 27.4. The van der Waals surface area contributed by atoms with Crippen LogP contribution in [0.1, 0.15) is 17.0 Å². The monoisotopic (exact) mass is 429 g/mol. The van der Waals surface area contributed by atoms with Crippen LogP contribution in [0, 0.1) is 5.92 Å². The summed E-state index contributed by atoms with van der Waals surface area (Å²) in [5, 5.41) is 0.810. The van der Waals surface area contributed by atoms with Gasteiger partial charge in [0.25, 0.3) is 0 Å². The minimum atomic E-state index is -4.41. The predicted octanol–water partition coefficient (Wildman–Crippen LogP) is 2.25. The lowest BCUT2D eigenvalue weighted by Crippen LogP contribution is -2.43. The fourth-order valence-electron chi connectivity index (χ4n) is 3.48. The van der Waals surface area contributed by atoms with E-state index in [0.29, 0.717) is 17.7 Å². The first-order valence-electron chi connectivity index (χ1n) is 9.29. The highest BCUT2D eigenvalue weighted by Crippen LogP contribution is 2.33. The van der Waals surface area contributed by atoms with Crippen molar-refractivity contribution in [2.45, 2.75) is 19.4 Å². The number of aromatic amines is 1. The third kappa shape index (κ3) is 4.13. The van der Waals surface area contributed by atoms with Crippen LogP contribution in [0.15, 0.2) is 63.9 Å². The van der Waals surface area contributed by atoms with Gasteiger partial charge in [-0.2, -0.15) is 18.6 Å². The van der Waals surface area contributed by atoms with Crippen LogP contribution in [-0.4, -0.2) is 30.4 Å². The molecule has 1 atom stereocenters. The molecule has 0 radical (unpaired) electrons. The van der Waals surface area contributed by atoms with Gasteiger partial charge in [0.1, 0.15) is 6.61 Å². The van der Waals surface area contributed by atoms with Crippen LogP contribution < -0.4 is 9.99 Å². The molecule has 156 valence electrons. The van der Waals surface area contributed by atoms with E-state index in [1.807, 2.05) is 6.07 Å². The second kappa shape index (κ2) is 8.15. The summed E-state index contributed by atoms with van der Waals surface area (Å²) in [7, 11) is -4.41. The Kier molecular flexibility index (Phi) is 5.40. The molecule has 0 spiro atoms. The molecule has 30 heavy (non-hydrogen) atoms. The molecule has 0 amide bonds. The third-order valence-corrected chi connectivity index (χ3v) is 6.30. The highest BCUT2D eigenvalue weighted by molar-refractivity contribution is 8.06. The lowest BCUT2D eigenvalue weighted by atomic mass is 9.91. The standard InChI is InChI=1S/C20H19N3O6S/c24-19-21-18(29-22-19)11-15-10-16-8-4-5-9-17(16)23(12-15)30(26,27)20(25)28-13-14-6-2-1-3-7-14/h1-9,15H,10-13H2,(H,22,24)/t15-/m0/s1.